The maximum Gasteiger partial charge on any atom is 0.278 e. The molecular weight excluding hydrogens is 330 g/mol. The molecule has 1 aromatic heterocycles. The Morgan fingerprint density at radius 3 is 2.46 bits per heavy atom. The van der Waals surface area contributed by atoms with Gasteiger partial charge in [-0.15, -0.1) is 0 Å². The number of hydrogen-bond acceptors (Lipinski definition) is 6. The number of hydrazone groups is 1. The molecule has 0 unspecified atom stereocenters. The molecule has 0 saturated carbocycles. The molecule has 0 aliphatic rings. The average molecular weight is 349 g/mol. The first-order valence-electron chi connectivity index (χ1n) is 7.15. The van der Waals surface area contributed by atoms with E-state index < -0.39 is 10.0 Å². The minimum absolute atomic E-state index is 0.116. The monoisotopic (exact) mass is 349 g/mol. The molecule has 0 amide bonds. The third kappa shape index (κ3) is 3.55. The van der Waals surface area contributed by atoms with E-state index in [1.165, 1.54) is 31.6 Å². The van der Waals surface area contributed by atoms with Crippen LogP contribution in [0.2, 0.25) is 0 Å². The predicted molar refractivity (Wildman–Crippen MR) is 90.3 cm³/mol. The van der Waals surface area contributed by atoms with Crippen LogP contribution in [0.1, 0.15) is 22.4 Å². The van der Waals surface area contributed by atoms with Crippen LogP contribution in [0.25, 0.3) is 0 Å². The predicted octanol–water partition coefficient (Wildman–Crippen LogP) is 1.55. The van der Waals surface area contributed by atoms with E-state index in [-0.39, 0.29) is 22.8 Å². The van der Waals surface area contributed by atoms with Crippen LogP contribution < -0.4 is 0 Å². The fraction of sp³-hybridized carbons (Fsp3) is 0.250. The Morgan fingerprint density at radius 1 is 1.25 bits per heavy atom. The number of sulfonamides is 1. The quantitative estimate of drug-likeness (QED) is 0.630. The number of pyridine rings is 1. The van der Waals surface area contributed by atoms with E-state index in [0.29, 0.717) is 11.3 Å². The van der Waals surface area contributed by atoms with Crippen molar-refractivity contribution < 1.29 is 18.6 Å². The van der Waals surface area contributed by atoms with Crippen LogP contribution in [-0.4, -0.2) is 41.3 Å². The Labute approximate surface area is 141 Å². The molecule has 1 heterocycles. The van der Waals surface area contributed by atoms with Gasteiger partial charge in [-0.3, -0.25) is 4.98 Å². The SMILES string of the molecule is Cc1ccc(S(=O)(=O)N(C)/N=C\c2c(CO)cnc(C)c2O)cc1. The van der Waals surface area contributed by atoms with E-state index >= 15 is 0 Å². The minimum atomic E-state index is -3.79. The zero-order chi connectivity index (χ0) is 17.9. The molecule has 2 N–H and O–H groups in total. The van der Waals surface area contributed by atoms with Gasteiger partial charge in [0.2, 0.25) is 0 Å². The van der Waals surface area contributed by atoms with Crippen molar-refractivity contribution in [3.63, 3.8) is 0 Å². The normalized spacial score (nSPS) is 11.8. The summed E-state index contributed by atoms with van der Waals surface area (Å²) in [5.41, 5.74) is 1.89. The van der Waals surface area contributed by atoms with Crippen molar-refractivity contribution in [2.75, 3.05) is 7.05 Å². The second-order valence-corrected chi connectivity index (χ2v) is 7.24. The van der Waals surface area contributed by atoms with Crippen LogP contribution in [0.15, 0.2) is 40.5 Å². The maximum absolute atomic E-state index is 12.5. The molecule has 1 aromatic carbocycles. The summed E-state index contributed by atoms with van der Waals surface area (Å²) in [6.45, 7) is 3.11. The van der Waals surface area contributed by atoms with E-state index in [2.05, 4.69) is 10.1 Å². The van der Waals surface area contributed by atoms with E-state index in [0.717, 1.165) is 9.98 Å². The molecule has 2 rings (SSSR count). The number of aromatic hydroxyl groups is 1. The number of aryl methyl sites for hydroxylation is 2. The molecule has 0 aliphatic carbocycles. The van der Waals surface area contributed by atoms with Gasteiger partial charge >= 0.3 is 0 Å². The molecule has 0 fully saturated rings. The molecule has 8 heteroatoms. The topological polar surface area (TPSA) is 103 Å². The summed E-state index contributed by atoms with van der Waals surface area (Å²) in [7, 11) is -2.49. The van der Waals surface area contributed by atoms with Crippen molar-refractivity contribution in [1.82, 2.24) is 9.40 Å². The van der Waals surface area contributed by atoms with Gasteiger partial charge in [-0.2, -0.15) is 17.9 Å². The number of aliphatic hydroxyl groups is 1. The summed E-state index contributed by atoms with van der Waals surface area (Å²) >= 11 is 0. The number of benzene rings is 1. The number of hydrogen-bond donors (Lipinski definition) is 2. The summed E-state index contributed by atoms with van der Waals surface area (Å²) in [5, 5.41) is 23.3. The fourth-order valence-electron chi connectivity index (χ4n) is 1.99. The standard InChI is InChI=1S/C16H19N3O4S/c1-11-4-6-14(7-5-11)24(22,23)19(3)18-9-15-13(10-20)8-17-12(2)16(15)21/h4-9,20-21H,10H2,1-3H3/b18-9-. The molecular formula is C16H19N3O4S. The van der Waals surface area contributed by atoms with Crippen LogP contribution in [0.5, 0.6) is 5.75 Å². The van der Waals surface area contributed by atoms with Gasteiger partial charge in [-0.1, -0.05) is 17.7 Å². The van der Waals surface area contributed by atoms with Crippen molar-refractivity contribution in [2.24, 2.45) is 5.10 Å². The van der Waals surface area contributed by atoms with Gasteiger partial charge in [0.1, 0.15) is 5.75 Å². The molecule has 0 radical (unpaired) electrons. The third-order valence-electron chi connectivity index (χ3n) is 3.54. The van der Waals surface area contributed by atoms with Crippen molar-refractivity contribution in [3.05, 3.63) is 52.8 Å². The maximum atomic E-state index is 12.5. The van der Waals surface area contributed by atoms with Gasteiger partial charge < -0.3 is 10.2 Å². The van der Waals surface area contributed by atoms with E-state index in [1.54, 1.807) is 19.1 Å². The molecule has 2 aromatic rings. The van der Waals surface area contributed by atoms with E-state index in [4.69, 9.17) is 0 Å². The van der Waals surface area contributed by atoms with Gasteiger partial charge in [0.15, 0.2) is 0 Å². The zero-order valence-electron chi connectivity index (χ0n) is 13.6. The Hall–Kier alpha value is -2.45. The highest BCUT2D eigenvalue weighted by atomic mass is 32.2. The van der Waals surface area contributed by atoms with Crippen LogP contribution in [0.3, 0.4) is 0 Å². The lowest BCUT2D eigenvalue weighted by atomic mass is 10.1. The highest BCUT2D eigenvalue weighted by Crippen LogP contribution is 2.22. The molecule has 0 atom stereocenters. The highest BCUT2D eigenvalue weighted by Gasteiger charge is 2.19. The number of rotatable bonds is 5. The highest BCUT2D eigenvalue weighted by molar-refractivity contribution is 7.89. The van der Waals surface area contributed by atoms with Crippen molar-refractivity contribution >= 4 is 16.2 Å². The Bertz CT molecular complexity index is 862. The van der Waals surface area contributed by atoms with Crippen LogP contribution in [-0.2, 0) is 16.6 Å². The fourth-order valence-corrected chi connectivity index (χ4v) is 2.94. The summed E-state index contributed by atoms with van der Waals surface area (Å²) < 4.78 is 25.7. The van der Waals surface area contributed by atoms with Crippen molar-refractivity contribution in [2.45, 2.75) is 25.3 Å². The average Bonchev–Trinajstić information content (AvgIpc) is 2.56. The Balaban J connectivity index is 2.35. The van der Waals surface area contributed by atoms with Gasteiger partial charge in [-0.25, -0.2) is 0 Å². The lowest BCUT2D eigenvalue weighted by molar-refractivity contribution is 0.280. The molecule has 24 heavy (non-hydrogen) atoms. The number of nitrogens with zero attached hydrogens (tertiary/aromatic N) is 3. The Kier molecular flexibility index (Phi) is 5.20. The summed E-state index contributed by atoms with van der Waals surface area (Å²) in [4.78, 5) is 4.05. The van der Waals surface area contributed by atoms with Crippen molar-refractivity contribution in [3.8, 4) is 5.75 Å². The molecule has 0 bridgehead atoms. The number of aromatic nitrogens is 1. The van der Waals surface area contributed by atoms with Crippen LogP contribution in [0.4, 0.5) is 0 Å². The first kappa shape index (κ1) is 17.9. The third-order valence-corrected chi connectivity index (χ3v) is 5.20. The van der Waals surface area contributed by atoms with Crippen molar-refractivity contribution in [1.29, 1.82) is 0 Å². The van der Waals surface area contributed by atoms with Crippen LogP contribution in [0, 0.1) is 13.8 Å². The molecule has 0 saturated heterocycles. The van der Waals surface area contributed by atoms with Gasteiger partial charge in [0.25, 0.3) is 10.0 Å². The molecule has 7 nitrogen and oxygen atoms in total. The lowest BCUT2D eigenvalue weighted by Crippen LogP contribution is -2.22. The summed E-state index contributed by atoms with van der Waals surface area (Å²) in [6, 6.07) is 6.41. The first-order chi connectivity index (χ1) is 11.3. The van der Waals surface area contributed by atoms with Gasteiger partial charge in [0, 0.05) is 24.4 Å². The second kappa shape index (κ2) is 6.98. The number of aliphatic hydroxyl groups excluding tert-OH is 1. The Morgan fingerprint density at radius 2 is 1.88 bits per heavy atom. The zero-order valence-corrected chi connectivity index (χ0v) is 14.4. The van der Waals surface area contributed by atoms with E-state index in [9.17, 15) is 18.6 Å². The molecule has 128 valence electrons. The van der Waals surface area contributed by atoms with E-state index in [1.807, 2.05) is 6.92 Å². The minimum Gasteiger partial charge on any atom is -0.505 e. The molecule has 0 spiro atoms. The van der Waals surface area contributed by atoms with Gasteiger partial charge in [-0.05, 0) is 26.0 Å². The summed E-state index contributed by atoms with van der Waals surface area (Å²) in [5.74, 6) is -0.147. The van der Waals surface area contributed by atoms with Gasteiger partial charge in [0.05, 0.1) is 23.4 Å². The largest absolute Gasteiger partial charge is 0.505 e. The molecule has 0 aliphatic heterocycles. The first-order valence-corrected chi connectivity index (χ1v) is 8.59. The van der Waals surface area contributed by atoms with Crippen LogP contribution >= 0.6 is 0 Å². The lowest BCUT2D eigenvalue weighted by Gasteiger charge is -2.14. The summed E-state index contributed by atoms with van der Waals surface area (Å²) in [6.07, 6.45) is 2.60. The second-order valence-electron chi connectivity index (χ2n) is 5.29. The smallest absolute Gasteiger partial charge is 0.278 e.